The van der Waals surface area contributed by atoms with Crippen molar-refractivity contribution < 1.29 is 9.63 Å². The first kappa shape index (κ1) is 27.1. The van der Waals surface area contributed by atoms with E-state index >= 15 is 0 Å². The Morgan fingerprint density at radius 2 is 1.12 bits per heavy atom. The van der Waals surface area contributed by atoms with E-state index in [0.29, 0.717) is 5.75 Å². The molecule has 2 N–H and O–H groups in total. The fraction of sp³-hybridized carbons (Fsp3) is 0.333. The van der Waals surface area contributed by atoms with Gasteiger partial charge in [0.2, 0.25) is 0 Å². The van der Waals surface area contributed by atoms with Gasteiger partial charge < -0.3 is 9.63 Å². The van der Waals surface area contributed by atoms with E-state index in [-0.39, 0.29) is 21.0 Å². The second kappa shape index (κ2) is 12.2. The molecule has 4 aromatic carbocycles. The topological polar surface area (TPSA) is 35.4 Å². The van der Waals surface area contributed by atoms with Gasteiger partial charge in [0, 0.05) is 23.7 Å². The van der Waals surface area contributed by atoms with E-state index in [2.05, 4.69) is 97.4 Å². The van der Waals surface area contributed by atoms with Gasteiger partial charge in [0.25, 0.3) is 5.75 Å². The molecular weight excluding hydrogens is 509 g/mol. The van der Waals surface area contributed by atoms with Crippen LogP contribution in [0.4, 0.5) is 0 Å². The van der Waals surface area contributed by atoms with Crippen LogP contribution in [0.25, 0.3) is 11.1 Å². The summed E-state index contributed by atoms with van der Waals surface area (Å²) in [5.74, 6) is 1.58. The molecule has 0 fully saturated rings. The van der Waals surface area contributed by atoms with Crippen molar-refractivity contribution in [1.29, 1.82) is 0 Å². The maximum atomic E-state index is 9.08. The van der Waals surface area contributed by atoms with Crippen LogP contribution in [0.3, 0.4) is 0 Å². The summed E-state index contributed by atoms with van der Waals surface area (Å²) in [5, 5.41) is 9.08. The second-order valence-corrected chi connectivity index (χ2v) is 12.3. The molecule has 3 nitrogen and oxygen atoms in total. The standard InChI is InChI=1S/C36H40NO2P/c1-25(27-13-5-3-6-14-27)37(26(2)28-15-7-4-8-16-28)40-39-34-24-22-30-18-10-12-20-32(30)36(34)35-31-19-11-9-17-29(31)21-23-33(35)38/h3-8,13-16,21-26,38,40H,9-12,17-20H2,1-2H3/p+1/t25-,26-/m0/s1. The smallest absolute Gasteiger partial charge is 0.262 e. The number of nitrogens with zero attached hydrogens (tertiary/aromatic N) is 1. The summed E-state index contributed by atoms with van der Waals surface area (Å²) in [6, 6.07) is 30.6. The lowest BCUT2D eigenvalue weighted by Gasteiger charge is -2.34. The average Bonchev–Trinajstić information content (AvgIpc) is 3.02. The first-order valence-electron chi connectivity index (χ1n) is 14.9. The van der Waals surface area contributed by atoms with Crippen LogP contribution < -0.4 is 4.52 Å². The minimum absolute atomic E-state index is 0.145. The van der Waals surface area contributed by atoms with Gasteiger partial charge in [-0.25, -0.2) is 4.67 Å². The Balaban J connectivity index is 1.41. The lowest BCUT2D eigenvalue weighted by Crippen LogP contribution is -2.23. The zero-order chi connectivity index (χ0) is 27.5. The number of aryl methyl sites for hydroxylation is 2. The highest BCUT2D eigenvalue weighted by Crippen LogP contribution is 2.49. The second-order valence-electron chi connectivity index (χ2n) is 11.4. The molecule has 1 unspecified atom stereocenters. The fourth-order valence-electron chi connectivity index (χ4n) is 6.66. The maximum absolute atomic E-state index is 9.08. The van der Waals surface area contributed by atoms with Crippen LogP contribution in [-0.4, -0.2) is 9.78 Å². The monoisotopic (exact) mass is 550 g/mol. The van der Waals surface area contributed by atoms with Crippen molar-refractivity contribution in [3.63, 3.8) is 0 Å². The zero-order valence-corrected chi connectivity index (χ0v) is 24.7. The third kappa shape index (κ3) is 5.42. The lowest BCUT2D eigenvalue weighted by molar-refractivity contribution is 0.286. The predicted octanol–water partition coefficient (Wildman–Crippen LogP) is 9.26. The third-order valence-electron chi connectivity index (χ3n) is 8.94. The molecule has 0 saturated heterocycles. The van der Waals surface area contributed by atoms with Gasteiger partial charge in [0.15, 0.2) is 8.96 Å². The molecule has 0 aliphatic heterocycles. The van der Waals surface area contributed by atoms with Crippen molar-refractivity contribution in [2.75, 3.05) is 0 Å². The van der Waals surface area contributed by atoms with Gasteiger partial charge >= 0.3 is 0 Å². The summed E-state index contributed by atoms with van der Waals surface area (Å²) in [4.78, 5) is 0. The van der Waals surface area contributed by atoms with Crippen LogP contribution in [-0.2, 0) is 25.7 Å². The zero-order valence-electron chi connectivity index (χ0n) is 23.7. The highest BCUT2D eigenvalue weighted by Gasteiger charge is 2.29. The van der Waals surface area contributed by atoms with Crippen molar-refractivity contribution in [1.82, 2.24) is 4.67 Å². The Morgan fingerprint density at radius 1 is 0.625 bits per heavy atom. The molecule has 0 saturated carbocycles. The van der Waals surface area contributed by atoms with Gasteiger partial charge in [-0.3, -0.25) is 0 Å². The minimum Gasteiger partial charge on any atom is -0.593 e. The van der Waals surface area contributed by atoms with Crippen molar-refractivity contribution >= 4 is 8.96 Å². The Labute approximate surface area is 241 Å². The van der Waals surface area contributed by atoms with E-state index < -0.39 is 0 Å². The summed E-state index contributed by atoms with van der Waals surface area (Å²) < 4.78 is 9.40. The normalized spacial score (nSPS) is 16.5. The van der Waals surface area contributed by atoms with Gasteiger partial charge in [-0.1, -0.05) is 66.7 Å². The van der Waals surface area contributed by atoms with Crippen molar-refractivity contribution in [2.45, 2.75) is 77.3 Å². The van der Waals surface area contributed by atoms with Crippen molar-refractivity contribution in [3.05, 3.63) is 118 Å². The Bertz CT molecular complexity index is 1410. The minimum atomic E-state index is 0.145. The Morgan fingerprint density at radius 3 is 1.70 bits per heavy atom. The molecule has 3 atom stereocenters. The van der Waals surface area contributed by atoms with E-state index in [9.17, 15) is 0 Å². The summed E-state index contributed by atoms with van der Waals surface area (Å²) in [5.41, 5.74) is 10.6. The van der Waals surface area contributed by atoms with Gasteiger partial charge in [0.1, 0.15) is 5.75 Å². The van der Waals surface area contributed by atoms with Gasteiger partial charge in [-0.15, -0.1) is 0 Å². The molecule has 0 radical (unpaired) electrons. The molecule has 0 spiro atoms. The molecule has 6 rings (SSSR count). The van der Waals surface area contributed by atoms with Crippen molar-refractivity contribution in [3.8, 4) is 22.6 Å². The Hall–Kier alpha value is -3.13. The van der Waals surface area contributed by atoms with Gasteiger partial charge in [0.05, 0.1) is 5.56 Å². The molecule has 206 valence electrons. The summed E-state index contributed by atoms with van der Waals surface area (Å²) in [7, 11) is 0.145. The number of hydrogen-bond acceptors (Lipinski definition) is 2. The predicted molar refractivity (Wildman–Crippen MR) is 169 cm³/mol. The molecule has 2 aliphatic carbocycles. The molecule has 4 heteroatoms. The summed E-state index contributed by atoms with van der Waals surface area (Å²) >= 11 is 0. The maximum Gasteiger partial charge on any atom is 0.262 e. The average molecular weight is 551 g/mol. The van der Waals surface area contributed by atoms with Crippen molar-refractivity contribution in [2.24, 2.45) is 0 Å². The van der Waals surface area contributed by atoms with Gasteiger partial charge in [-0.2, -0.15) is 0 Å². The molecule has 40 heavy (non-hydrogen) atoms. The lowest BCUT2D eigenvalue weighted by atomic mass is 9.80. The van der Waals surface area contributed by atoms with E-state index in [4.69, 9.17) is 9.63 Å². The van der Waals surface area contributed by atoms with Crippen LogP contribution in [0.15, 0.2) is 84.9 Å². The van der Waals surface area contributed by atoms with Crippen LogP contribution >= 0.6 is 8.96 Å². The first-order chi connectivity index (χ1) is 19.6. The van der Waals surface area contributed by atoms with E-state index in [0.717, 1.165) is 37.0 Å². The largest absolute Gasteiger partial charge is 0.593 e. The first-order valence-corrected chi connectivity index (χ1v) is 15.8. The van der Waals surface area contributed by atoms with E-state index in [1.165, 1.54) is 64.6 Å². The number of fused-ring (bicyclic) bond motifs is 2. The third-order valence-corrected chi connectivity index (χ3v) is 10.2. The van der Waals surface area contributed by atoms with Crippen LogP contribution in [0.1, 0.15) is 85.0 Å². The number of benzene rings is 4. The number of rotatable bonds is 8. The van der Waals surface area contributed by atoms with Gasteiger partial charge in [-0.05, 0) is 111 Å². The molecule has 2 aliphatic rings. The molecule has 0 heterocycles. The quantitative estimate of drug-likeness (QED) is 0.162. The highest BCUT2D eigenvalue weighted by molar-refractivity contribution is 7.29. The summed E-state index contributed by atoms with van der Waals surface area (Å²) in [6.45, 7) is 4.57. The highest BCUT2D eigenvalue weighted by atomic mass is 31.1. The van der Waals surface area contributed by atoms with Crippen LogP contribution in [0, 0.1) is 0 Å². The number of hydrogen-bond donors (Lipinski definition) is 0. The fourth-order valence-corrected chi connectivity index (χ4v) is 7.65. The van der Waals surface area contributed by atoms with E-state index in [1.807, 2.05) is 6.07 Å². The van der Waals surface area contributed by atoms with E-state index in [1.54, 1.807) is 0 Å². The van der Waals surface area contributed by atoms with Crippen LogP contribution in [0.2, 0.25) is 0 Å². The molecule has 4 aromatic rings. The molecule has 0 aromatic heterocycles. The molecular formula is C36H41NO2P+. The van der Waals surface area contributed by atoms with Crippen LogP contribution in [0.5, 0.6) is 11.5 Å². The Kier molecular flexibility index (Phi) is 8.23. The molecule has 0 amide bonds. The SMILES string of the molecule is C[C@@H](c1ccccc1)N(POc1ccc2c(c1-c1c([OH2+])ccc3c1CCCC3)CCCC2)[C@@H](C)c1ccccc1. The molecule has 0 bridgehead atoms. The summed E-state index contributed by atoms with van der Waals surface area (Å²) in [6.07, 6.45) is 9.26.